The summed E-state index contributed by atoms with van der Waals surface area (Å²) in [6.07, 6.45) is 4.62. The van der Waals surface area contributed by atoms with Crippen molar-refractivity contribution >= 4 is 11.7 Å². The highest BCUT2D eigenvalue weighted by atomic mass is 16.5. The van der Waals surface area contributed by atoms with Gasteiger partial charge in [0.15, 0.2) is 5.78 Å². The zero-order valence-electron chi connectivity index (χ0n) is 17.3. The molecule has 1 aromatic rings. The molecule has 1 amide bonds. The maximum Gasteiger partial charge on any atom is 0.223 e. The highest BCUT2D eigenvalue weighted by molar-refractivity contribution is 5.97. The van der Waals surface area contributed by atoms with E-state index in [-0.39, 0.29) is 11.7 Å². The van der Waals surface area contributed by atoms with Crippen LogP contribution >= 0.6 is 0 Å². The van der Waals surface area contributed by atoms with Crippen molar-refractivity contribution in [2.75, 3.05) is 32.7 Å². The lowest BCUT2D eigenvalue weighted by Crippen LogP contribution is -2.46. The van der Waals surface area contributed by atoms with E-state index in [1.807, 2.05) is 35.2 Å². The molecule has 0 radical (unpaired) electrons. The first-order chi connectivity index (χ1) is 13.5. The van der Waals surface area contributed by atoms with Crippen molar-refractivity contribution in [1.82, 2.24) is 9.80 Å². The zero-order valence-corrected chi connectivity index (χ0v) is 17.3. The number of benzene rings is 1. The van der Waals surface area contributed by atoms with Crippen LogP contribution in [-0.4, -0.2) is 66.4 Å². The summed E-state index contributed by atoms with van der Waals surface area (Å²) < 4.78 is 5.81. The van der Waals surface area contributed by atoms with Crippen molar-refractivity contribution in [2.24, 2.45) is 5.92 Å². The second-order valence-electron chi connectivity index (χ2n) is 8.42. The number of hydrogen-bond donors (Lipinski definition) is 0. The quantitative estimate of drug-likeness (QED) is 0.674. The molecule has 2 aliphatic rings. The fourth-order valence-electron chi connectivity index (χ4n) is 4.45. The monoisotopic (exact) mass is 386 g/mol. The van der Waals surface area contributed by atoms with Gasteiger partial charge in [0.1, 0.15) is 0 Å². The van der Waals surface area contributed by atoms with Crippen molar-refractivity contribution < 1.29 is 14.3 Å². The van der Waals surface area contributed by atoms with E-state index in [0.29, 0.717) is 36.5 Å². The van der Waals surface area contributed by atoms with E-state index in [1.165, 1.54) is 6.42 Å². The van der Waals surface area contributed by atoms with Crippen LogP contribution in [0.4, 0.5) is 0 Å². The van der Waals surface area contributed by atoms with E-state index in [2.05, 4.69) is 18.7 Å². The summed E-state index contributed by atoms with van der Waals surface area (Å²) in [5.41, 5.74) is 0.695. The van der Waals surface area contributed by atoms with E-state index in [4.69, 9.17) is 4.74 Å². The third kappa shape index (κ3) is 6.14. The maximum absolute atomic E-state index is 12.5. The first kappa shape index (κ1) is 21.0. The van der Waals surface area contributed by atoms with Crippen molar-refractivity contribution in [1.29, 1.82) is 0 Å². The van der Waals surface area contributed by atoms with Gasteiger partial charge in [-0.1, -0.05) is 30.3 Å². The Hall–Kier alpha value is -1.72. The minimum absolute atomic E-state index is 0.0535. The normalized spacial score (nSPS) is 24.3. The molecule has 3 rings (SSSR count). The highest BCUT2D eigenvalue weighted by Gasteiger charge is 2.26. The summed E-state index contributed by atoms with van der Waals surface area (Å²) in [6.45, 7) is 9.14. The summed E-state index contributed by atoms with van der Waals surface area (Å²) in [5, 5.41) is 0. The van der Waals surface area contributed by atoms with Gasteiger partial charge in [-0.3, -0.25) is 14.5 Å². The molecule has 154 valence electrons. The van der Waals surface area contributed by atoms with Crippen LogP contribution in [0.1, 0.15) is 56.3 Å². The Labute approximate surface area is 169 Å². The van der Waals surface area contributed by atoms with E-state index >= 15 is 0 Å². The van der Waals surface area contributed by atoms with Gasteiger partial charge in [0.05, 0.1) is 12.2 Å². The minimum Gasteiger partial charge on any atom is -0.373 e. The molecular weight excluding hydrogens is 352 g/mol. The van der Waals surface area contributed by atoms with E-state index in [1.54, 1.807) is 0 Å². The molecule has 0 spiro atoms. The number of amides is 1. The topological polar surface area (TPSA) is 49.9 Å². The third-order valence-corrected chi connectivity index (χ3v) is 5.98. The van der Waals surface area contributed by atoms with E-state index in [9.17, 15) is 9.59 Å². The van der Waals surface area contributed by atoms with Gasteiger partial charge in [-0.2, -0.15) is 0 Å². The molecule has 0 aliphatic carbocycles. The molecule has 2 heterocycles. The van der Waals surface area contributed by atoms with Gasteiger partial charge in [0.25, 0.3) is 0 Å². The molecule has 28 heavy (non-hydrogen) atoms. The fourth-order valence-corrected chi connectivity index (χ4v) is 4.45. The van der Waals surface area contributed by atoms with Gasteiger partial charge < -0.3 is 9.64 Å². The smallest absolute Gasteiger partial charge is 0.223 e. The van der Waals surface area contributed by atoms with Crippen LogP contribution < -0.4 is 0 Å². The summed E-state index contributed by atoms with van der Waals surface area (Å²) in [6, 6.07) is 9.24. The first-order valence-corrected chi connectivity index (χ1v) is 10.7. The molecule has 0 unspecified atom stereocenters. The molecule has 0 saturated carbocycles. The van der Waals surface area contributed by atoms with Crippen molar-refractivity contribution in [3.05, 3.63) is 35.9 Å². The molecule has 0 bridgehead atoms. The molecule has 1 aromatic carbocycles. The third-order valence-electron chi connectivity index (χ3n) is 5.98. The standard InChI is InChI=1S/C23H34N2O3/c1-18-16-24(17-19(2)28-18)13-10-20-11-14-25(15-12-20)23(27)9-8-22(26)21-6-4-3-5-7-21/h3-7,18-20H,8-17H2,1-2H3/t18-,19-/m1/s1. The lowest BCUT2D eigenvalue weighted by atomic mass is 9.93. The van der Waals surface area contributed by atoms with Crippen LogP contribution in [-0.2, 0) is 9.53 Å². The van der Waals surface area contributed by atoms with Gasteiger partial charge in [-0.05, 0) is 45.6 Å². The van der Waals surface area contributed by atoms with Crippen LogP contribution in [0, 0.1) is 5.92 Å². The summed E-state index contributed by atoms with van der Waals surface area (Å²) in [7, 11) is 0. The number of ether oxygens (including phenoxy) is 1. The van der Waals surface area contributed by atoms with Crippen LogP contribution in [0.5, 0.6) is 0 Å². The lowest BCUT2D eigenvalue weighted by Gasteiger charge is -2.37. The molecule has 0 aromatic heterocycles. The molecule has 2 saturated heterocycles. The second-order valence-corrected chi connectivity index (χ2v) is 8.42. The van der Waals surface area contributed by atoms with E-state index in [0.717, 1.165) is 45.6 Å². The molecule has 2 atom stereocenters. The number of carbonyl (C=O) groups is 2. The fraction of sp³-hybridized carbons (Fsp3) is 0.652. The average molecular weight is 387 g/mol. The average Bonchev–Trinajstić information content (AvgIpc) is 2.70. The number of Topliss-reactive ketones (excluding diaryl/α,β-unsaturated/α-hetero) is 1. The Morgan fingerprint density at radius 1 is 1.00 bits per heavy atom. The zero-order chi connectivity index (χ0) is 19.9. The van der Waals surface area contributed by atoms with Crippen LogP contribution in [0.15, 0.2) is 30.3 Å². The van der Waals surface area contributed by atoms with Crippen molar-refractivity contribution in [2.45, 2.75) is 58.2 Å². The highest BCUT2D eigenvalue weighted by Crippen LogP contribution is 2.23. The van der Waals surface area contributed by atoms with Crippen LogP contribution in [0.25, 0.3) is 0 Å². The number of rotatable bonds is 7. The number of morpholine rings is 1. The van der Waals surface area contributed by atoms with Crippen molar-refractivity contribution in [3.63, 3.8) is 0 Å². The molecule has 2 aliphatic heterocycles. The molecule has 5 nitrogen and oxygen atoms in total. The van der Waals surface area contributed by atoms with Gasteiger partial charge in [0, 0.05) is 44.6 Å². The number of carbonyl (C=O) groups excluding carboxylic acids is 2. The van der Waals surface area contributed by atoms with Crippen LogP contribution in [0.3, 0.4) is 0 Å². The van der Waals surface area contributed by atoms with Gasteiger partial charge in [-0.15, -0.1) is 0 Å². The Morgan fingerprint density at radius 3 is 2.29 bits per heavy atom. The van der Waals surface area contributed by atoms with Crippen molar-refractivity contribution in [3.8, 4) is 0 Å². The Bertz CT molecular complexity index is 631. The number of piperidine rings is 1. The summed E-state index contributed by atoms with van der Waals surface area (Å²) in [4.78, 5) is 29.1. The number of nitrogens with zero attached hydrogens (tertiary/aromatic N) is 2. The van der Waals surface area contributed by atoms with Gasteiger partial charge in [0.2, 0.25) is 5.91 Å². The lowest BCUT2D eigenvalue weighted by molar-refractivity contribution is -0.132. The van der Waals surface area contributed by atoms with Gasteiger partial charge >= 0.3 is 0 Å². The molecule has 2 fully saturated rings. The Kier molecular flexibility index (Phi) is 7.63. The largest absolute Gasteiger partial charge is 0.373 e. The maximum atomic E-state index is 12.5. The molecule has 0 N–H and O–H groups in total. The number of ketones is 1. The van der Waals surface area contributed by atoms with Gasteiger partial charge in [-0.25, -0.2) is 0 Å². The summed E-state index contributed by atoms with van der Waals surface area (Å²) >= 11 is 0. The Morgan fingerprint density at radius 2 is 1.64 bits per heavy atom. The number of hydrogen-bond acceptors (Lipinski definition) is 4. The van der Waals surface area contributed by atoms with Crippen LogP contribution in [0.2, 0.25) is 0 Å². The minimum atomic E-state index is 0.0535. The molecule has 5 heteroatoms. The molecular formula is C23H34N2O3. The second kappa shape index (κ2) is 10.2. The summed E-state index contributed by atoms with van der Waals surface area (Å²) in [5.74, 6) is 0.875. The van der Waals surface area contributed by atoms with E-state index < -0.39 is 0 Å². The predicted molar refractivity (Wildman–Crippen MR) is 110 cm³/mol. The SMILES string of the molecule is C[C@@H]1CN(CCC2CCN(C(=O)CCC(=O)c3ccccc3)CC2)C[C@@H](C)O1. The predicted octanol–water partition coefficient (Wildman–Crippen LogP) is 3.39. The number of likely N-dealkylation sites (tertiary alicyclic amines) is 1. The Balaban J connectivity index is 1.34. The first-order valence-electron chi connectivity index (χ1n) is 10.7.